The molecule has 1 unspecified atom stereocenters. The first-order valence-corrected chi connectivity index (χ1v) is 9.68. The number of hydrogen-bond acceptors (Lipinski definition) is 4. The minimum atomic E-state index is -0.367. The summed E-state index contributed by atoms with van der Waals surface area (Å²) in [5, 5.41) is 4.25. The predicted molar refractivity (Wildman–Crippen MR) is 101 cm³/mol. The zero-order chi connectivity index (χ0) is 18.5. The average molecular weight is 390 g/mol. The van der Waals surface area contributed by atoms with E-state index in [1.54, 1.807) is 37.3 Å². The molecule has 7 heteroatoms. The first-order chi connectivity index (χ1) is 12.5. The van der Waals surface area contributed by atoms with Crippen molar-refractivity contribution in [3.05, 3.63) is 71.1 Å². The van der Waals surface area contributed by atoms with Gasteiger partial charge in [0.2, 0.25) is 5.91 Å². The smallest absolute Gasteiger partial charge is 0.233 e. The molecule has 2 aromatic carbocycles. The lowest BCUT2D eigenvalue weighted by molar-refractivity contribution is -0.120. The number of rotatable bonds is 6. The SMILES string of the molecule is CC(Sc1nc(-c2ccc(F)cc2)cs1)C(=O)NCc1ccccc1F. The highest BCUT2D eigenvalue weighted by Crippen LogP contribution is 2.31. The molecule has 3 rings (SSSR count). The third kappa shape index (κ3) is 4.68. The molecule has 0 spiro atoms. The Morgan fingerprint density at radius 3 is 2.65 bits per heavy atom. The van der Waals surface area contributed by atoms with E-state index in [9.17, 15) is 13.6 Å². The highest BCUT2D eigenvalue weighted by molar-refractivity contribution is 8.02. The summed E-state index contributed by atoms with van der Waals surface area (Å²) in [4.78, 5) is 16.7. The lowest BCUT2D eigenvalue weighted by atomic mass is 10.2. The lowest BCUT2D eigenvalue weighted by Crippen LogP contribution is -2.30. The number of hydrogen-bond donors (Lipinski definition) is 1. The van der Waals surface area contributed by atoms with Crippen molar-refractivity contribution in [2.24, 2.45) is 0 Å². The molecule has 1 amide bonds. The maximum atomic E-state index is 13.6. The summed E-state index contributed by atoms with van der Waals surface area (Å²) >= 11 is 2.77. The van der Waals surface area contributed by atoms with Crippen molar-refractivity contribution in [1.82, 2.24) is 10.3 Å². The van der Waals surface area contributed by atoms with Gasteiger partial charge < -0.3 is 5.32 Å². The highest BCUT2D eigenvalue weighted by atomic mass is 32.2. The largest absolute Gasteiger partial charge is 0.351 e. The van der Waals surface area contributed by atoms with Crippen LogP contribution < -0.4 is 5.32 Å². The molecule has 0 saturated carbocycles. The van der Waals surface area contributed by atoms with Gasteiger partial charge in [0.25, 0.3) is 0 Å². The van der Waals surface area contributed by atoms with E-state index in [1.807, 2.05) is 5.38 Å². The van der Waals surface area contributed by atoms with Crippen LogP contribution >= 0.6 is 23.1 Å². The third-order valence-electron chi connectivity index (χ3n) is 3.68. The number of benzene rings is 2. The number of thiazole rings is 1. The standard InChI is InChI=1S/C19H16F2N2OS2/c1-12(18(24)22-10-14-4-2-3-5-16(14)21)26-19-23-17(11-25-19)13-6-8-15(20)9-7-13/h2-9,11-12H,10H2,1H3,(H,22,24). The van der Waals surface area contributed by atoms with Crippen LogP contribution in [0.1, 0.15) is 12.5 Å². The first kappa shape index (κ1) is 18.5. The van der Waals surface area contributed by atoms with Gasteiger partial charge in [0.05, 0.1) is 10.9 Å². The Balaban J connectivity index is 1.57. The highest BCUT2D eigenvalue weighted by Gasteiger charge is 2.17. The fourth-order valence-electron chi connectivity index (χ4n) is 2.24. The molecule has 3 nitrogen and oxygen atoms in total. The maximum absolute atomic E-state index is 13.6. The molecule has 1 heterocycles. The monoisotopic (exact) mass is 390 g/mol. The van der Waals surface area contributed by atoms with Crippen LogP contribution in [0.2, 0.25) is 0 Å². The van der Waals surface area contributed by atoms with E-state index in [1.165, 1.54) is 41.3 Å². The van der Waals surface area contributed by atoms with Crippen LogP contribution in [-0.4, -0.2) is 16.1 Å². The first-order valence-electron chi connectivity index (χ1n) is 7.92. The Morgan fingerprint density at radius 1 is 1.19 bits per heavy atom. The minimum Gasteiger partial charge on any atom is -0.351 e. The van der Waals surface area contributed by atoms with Gasteiger partial charge in [-0.1, -0.05) is 30.0 Å². The number of carbonyl (C=O) groups is 1. The quantitative estimate of drug-likeness (QED) is 0.610. The summed E-state index contributed by atoms with van der Waals surface area (Å²) in [6.45, 7) is 1.93. The van der Waals surface area contributed by atoms with Gasteiger partial charge in [0, 0.05) is 23.1 Å². The summed E-state index contributed by atoms with van der Waals surface area (Å²) < 4.78 is 27.3. The minimum absolute atomic E-state index is 0.148. The van der Waals surface area contributed by atoms with Crippen molar-refractivity contribution >= 4 is 29.0 Å². The Labute approximate surface area is 158 Å². The second-order valence-corrected chi connectivity index (χ2v) is 8.02. The van der Waals surface area contributed by atoms with Crippen LogP contribution in [-0.2, 0) is 11.3 Å². The van der Waals surface area contributed by atoms with E-state index in [0.29, 0.717) is 5.56 Å². The topological polar surface area (TPSA) is 42.0 Å². The zero-order valence-electron chi connectivity index (χ0n) is 13.9. The van der Waals surface area contributed by atoms with Gasteiger partial charge in [0.1, 0.15) is 11.6 Å². The molecular formula is C19H16F2N2OS2. The number of nitrogens with zero attached hydrogens (tertiary/aromatic N) is 1. The number of carbonyl (C=O) groups excluding carboxylic acids is 1. The van der Waals surface area contributed by atoms with E-state index in [2.05, 4.69) is 10.3 Å². The lowest BCUT2D eigenvalue weighted by Gasteiger charge is -2.11. The molecule has 0 aliphatic carbocycles. The van der Waals surface area contributed by atoms with Crippen LogP contribution in [0.3, 0.4) is 0 Å². The maximum Gasteiger partial charge on any atom is 0.233 e. The van der Waals surface area contributed by atoms with Gasteiger partial charge >= 0.3 is 0 Å². The zero-order valence-corrected chi connectivity index (χ0v) is 15.5. The summed E-state index contributed by atoms with van der Waals surface area (Å²) in [5.41, 5.74) is 2.02. The van der Waals surface area contributed by atoms with Crippen LogP contribution in [0.15, 0.2) is 58.3 Å². The Morgan fingerprint density at radius 2 is 1.92 bits per heavy atom. The molecule has 26 heavy (non-hydrogen) atoms. The molecule has 0 fully saturated rings. The van der Waals surface area contributed by atoms with Gasteiger partial charge in [-0.15, -0.1) is 11.3 Å². The molecule has 0 saturated heterocycles. The van der Waals surface area contributed by atoms with E-state index in [-0.39, 0.29) is 29.3 Å². The molecule has 0 radical (unpaired) electrons. The predicted octanol–water partition coefficient (Wildman–Crippen LogP) is 4.89. The van der Waals surface area contributed by atoms with E-state index in [4.69, 9.17) is 0 Å². The molecule has 3 aromatic rings. The van der Waals surface area contributed by atoms with Crippen LogP contribution in [0, 0.1) is 11.6 Å². The van der Waals surface area contributed by atoms with Crippen molar-refractivity contribution in [3.63, 3.8) is 0 Å². The molecule has 1 atom stereocenters. The van der Waals surface area contributed by atoms with Gasteiger partial charge in [-0.05, 0) is 37.3 Å². The summed E-state index contributed by atoms with van der Waals surface area (Å²) in [6.07, 6.45) is 0. The van der Waals surface area contributed by atoms with Crippen molar-refractivity contribution in [2.75, 3.05) is 0 Å². The van der Waals surface area contributed by atoms with E-state index >= 15 is 0 Å². The Bertz CT molecular complexity index is 897. The molecule has 134 valence electrons. The van der Waals surface area contributed by atoms with Gasteiger partial charge in [-0.25, -0.2) is 13.8 Å². The summed E-state index contributed by atoms with van der Waals surface area (Å²) in [7, 11) is 0. The summed E-state index contributed by atoms with van der Waals surface area (Å²) in [5.74, 6) is -0.813. The molecule has 0 bridgehead atoms. The second-order valence-electron chi connectivity index (χ2n) is 5.57. The Hall–Kier alpha value is -2.25. The fraction of sp³-hybridized carbons (Fsp3) is 0.158. The van der Waals surface area contributed by atoms with Crippen molar-refractivity contribution in [2.45, 2.75) is 23.1 Å². The molecule has 1 aromatic heterocycles. The van der Waals surface area contributed by atoms with E-state index in [0.717, 1.165) is 15.6 Å². The van der Waals surface area contributed by atoms with Crippen LogP contribution in [0.4, 0.5) is 8.78 Å². The van der Waals surface area contributed by atoms with Gasteiger partial charge in [-0.2, -0.15) is 0 Å². The molecule has 0 aliphatic rings. The van der Waals surface area contributed by atoms with Crippen molar-refractivity contribution in [1.29, 1.82) is 0 Å². The number of aromatic nitrogens is 1. The third-order valence-corrected chi connectivity index (χ3v) is 5.75. The number of nitrogens with one attached hydrogen (secondary N) is 1. The molecule has 0 aliphatic heterocycles. The average Bonchev–Trinajstić information content (AvgIpc) is 3.09. The van der Waals surface area contributed by atoms with Crippen molar-refractivity contribution < 1.29 is 13.6 Å². The summed E-state index contributed by atoms with van der Waals surface area (Å²) in [6, 6.07) is 12.5. The molecule has 1 N–H and O–H groups in total. The number of halogens is 2. The normalized spacial score (nSPS) is 12.0. The van der Waals surface area contributed by atoms with Crippen molar-refractivity contribution in [3.8, 4) is 11.3 Å². The number of amides is 1. The number of thioether (sulfide) groups is 1. The Kier molecular flexibility index (Phi) is 6.00. The van der Waals surface area contributed by atoms with Crippen LogP contribution in [0.5, 0.6) is 0 Å². The fourth-order valence-corrected chi connectivity index (χ4v) is 4.23. The van der Waals surface area contributed by atoms with Gasteiger partial charge in [-0.3, -0.25) is 4.79 Å². The van der Waals surface area contributed by atoms with Crippen LogP contribution in [0.25, 0.3) is 11.3 Å². The second kappa shape index (κ2) is 8.42. The van der Waals surface area contributed by atoms with Gasteiger partial charge in [0.15, 0.2) is 4.34 Å². The molecular weight excluding hydrogens is 374 g/mol. The van der Waals surface area contributed by atoms with E-state index < -0.39 is 0 Å².